The summed E-state index contributed by atoms with van der Waals surface area (Å²) in [6.45, 7) is 0.258. The molecule has 4 nitrogen and oxygen atoms in total. The molecule has 0 radical (unpaired) electrons. The third-order valence-corrected chi connectivity index (χ3v) is 2.33. The monoisotopic (exact) mass is 219 g/mol. The van der Waals surface area contributed by atoms with Crippen LogP contribution in [-0.4, -0.2) is 24.7 Å². The van der Waals surface area contributed by atoms with Crippen LogP contribution in [0.2, 0.25) is 0 Å². The summed E-state index contributed by atoms with van der Waals surface area (Å²) in [6.07, 6.45) is 1.85. The van der Waals surface area contributed by atoms with Crippen LogP contribution in [0.3, 0.4) is 0 Å². The van der Waals surface area contributed by atoms with Gasteiger partial charge in [-0.1, -0.05) is 18.2 Å². The van der Waals surface area contributed by atoms with Crippen LogP contribution in [0.25, 0.3) is 10.9 Å². The number of aromatic nitrogens is 1. The van der Waals surface area contributed by atoms with Crippen molar-refractivity contribution in [3.63, 3.8) is 0 Å². The maximum Gasteiger partial charge on any atom is 0.332 e. The molecule has 0 aliphatic heterocycles. The van der Waals surface area contributed by atoms with Gasteiger partial charge in [-0.25, -0.2) is 4.79 Å². The van der Waals surface area contributed by atoms with E-state index < -0.39 is 0 Å². The molecular formula is C12H13NO3. The second-order valence-corrected chi connectivity index (χ2v) is 3.45. The third-order valence-electron chi connectivity index (χ3n) is 2.33. The van der Waals surface area contributed by atoms with E-state index in [2.05, 4.69) is 9.72 Å². The number of para-hydroxylation sites is 1. The summed E-state index contributed by atoms with van der Waals surface area (Å²) in [5.41, 5.74) is 2.01. The van der Waals surface area contributed by atoms with E-state index in [-0.39, 0.29) is 19.2 Å². The largest absolute Gasteiger partial charge is 0.459 e. The highest BCUT2D eigenvalue weighted by atomic mass is 16.6. The summed E-state index contributed by atoms with van der Waals surface area (Å²) in [5.74, 6) is -0.354. The molecule has 0 amide bonds. The first-order valence-corrected chi connectivity index (χ1v) is 5.01. The Morgan fingerprint density at radius 1 is 1.38 bits per heavy atom. The number of carbonyl (C=O) groups excluding carboxylic acids is 1. The number of benzene rings is 1. The van der Waals surface area contributed by atoms with Crippen LogP contribution in [0.5, 0.6) is 0 Å². The van der Waals surface area contributed by atoms with Crippen molar-refractivity contribution in [3.05, 3.63) is 36.0 Å². The number of fused-ring (bicyclic) bond motifs is 1. The van der Waals surface area contributed by atoms with Gasteiger partial charge in [0.2, 0.25) is 0 Å². The normalized spacial score (nSPS) is 10.6. The number of esters is 1. The summed E-state index contributed by atoms with van der Waals surface area (Å²) in [5, 5.41) is 1.08. The quantitative estimate of drug-likeness (QED) is 0.798. The van der Waals surface area contributed by atoms with Gasteiger partial charge in [-0.2, -0.15) is 0 Å². The Morgan fingerprint density at radius 3 is 3.00 bits per heavy atom. The highest BCUT2D eigenvalue weighted by Crippen LogP contribution is 2.18. The Morgan fingerprint density at radius 2 is 2.19 bits per heavy atom. The minimum atomic E-state index is -0.354. The number of H-pyrrole nitrogens is 1. The molecule has 0 bridgehead atoms. The van der Waals surface area contributed by atoms with Gasteiger partial charge in [0.25, 0.3) is 0 Å². The maximum absolute atomic E-state index is 11.1. The number of nitrogens with one attached hydrogen (secondary N) is 1. The molecule has 0 unspecified atom stereocenters. The molecule has 0 atom stereocenters. The van der Waals surface area contributed by atoms with Crippen LogP contribution >= 0.6 is 0 Å². The van der Waals surface area contributed by atoms with E-state index in [4.69, 9.17) is 4.74 Å². The van der Waals surface area contributed by atoms with Crippen LogP contribution in [0.4, 0.5) is 0 Å². The highest BCUT2D eigenvalue weighted by molar-refractivity contribution is 5.83. The molecule has 16 heavy (non-hydrogen) atoms. The van der Waals surface area contributed by atoms with Crippen molar-refractivity contribution in [3.8, 4) is 0 Å². The van der Waals surface area contributed by atoms with Gasteiger partial charge in [0, 0.05) is 29.8 Å². The summed E-state index contributed by atoms with van der Waals surface area (Å²) >= 11 is 0. The number of hydrogen-bond acceptors (Lipinski definition) is 3. The number of aromatic amines is 1. The van der Waals surface area contributed by atoms with Crippen LogP contribution < -0.4 is 0 Å². The zero-order valence-electron chi connectivity index (χ0n) is 9.03. The van der Waals surface area contributed by atoms with Gasteiger partial charge in [0.05, 0.1) is 0 Å². The van der Waals surface area contributed by atoms with E-state index >= 15 is 0 Å². The van der Waals surface area contributed by atoms with Crippen molar-refractivity contribution in [1.29, 1.82) is 0 Å². The molecule has 0 aliphatic rings. The Bertz CT molecular complexity index is 490. The predicted molar refractivity (Wildman–Crippen MR) is 60.0 cm³/mol. The van der Waals surface area contributed by atoms with Gasteiger partial charge in [0.1, 0.15) is 13.2 Å². The molecule has 1 aromatic carbocycles. The number of hydrogen-bond donors (Lipinski definition) is 1. The molecule has 0 fully saturated rings. The average Bonchev–Trinajstić information content (AvgIpc) is 2.70. The third kappa shape index (κ3) is 2.23. The molecule has 2 aromatic rings. The molecule has 0 saturated heterocycles. The first-order chi connectivity index (χ1) is 7.81. The Kier molecular flexibility index (Phi) is 3.22. The number of rotatable bonds is 4. The topological polar surface area (TPSA) is 51.3 Å². The van der Waals surface area contributed by atoms with Crippen molar-refractivity contribution in [2.24, 2.45) is 0 Å². The van der Waals surface area contributed by atoms with Crippen molar-refractivity contribution < 1.29 is 14.3 Å². The molecule has 84 valence electrons. The van der Waals surface area contributed by atoms with E-state index in [9.17, 15) is 4.79 Å². The second-order valence-electron chi connectivity index (χ2n) is 3.45. The van der Waals surface area contributed by atoms with E-state index in [0.717, 1.165) is 16.5 Å². The molecule has 1 aromatic heterocycles. The van der Waals surface area contributed by atoms with E-state index in [1.54, 1.807) is 0 Å². The zero-order valence-corrected chi connectivity index (χ0v) is 9.03. The molecule has 0 spiro atoms. The second kappa shape index (κ2) is 4.81. The molecule has 2 rings (SSSR count). The van der Waals surface area contributed by atoms with Crippen LogP contribution in [-0.2, 0) is 20.9 Å². The number of methoxy groups -OCH3 is 1. The molecule has 1 N–H and O–H groups in total. The molecule has 1 heterocycles. The van der Waals surface area contributed by atoms with Gasteiger partial charge < -0.3 is 14.5 Å². The van der Waals surface area contributed by atoms with Gasteiger partial charge in [-0.05, 0) is 6.07 Å². The summed E-state index contributed by atoms with van der Waals surface area (Å²) in [4.78, 5) is 14.2. The van der Waals surface area contributed by atoms with Gasteiger partial charge >= 0.3 is 5.97 Å². The Hall–Kier alpha value is -1.81. The van der Waals surface area contributed by atoms with Gasteiger partial charge in [0.15, 0.2) is 0 Å². The SMILES string of the molecule is COCC(=O)OCc1c[nH]c2ccccc12. The summed E-state index contributed by atoms with van der Waals surface area (Å²) < 4.78 is 9.73. The minimum absolute atomic E-state index is 0.0116. The Balaban J connectivity index is 2.07. The lowest BCUT2D eigenvalue weighted by Gasteiger charge is -2.02. The number of ether oxygens (including phenoxy) is 2. The highest BCUT2D eigenvalue weighted by Gasteiger charge is 2.06. The lowest BCUT2D eigenvalue weighted by Crippen LogP contribution is -2.10. The molecular weight excluding hydrogens is 206 g/mol. The van der Waals surface area contributed by atoms with Crippen LogP contribution in [0.15, 0.2) is 30.5 Å². The van der Waals surface area contributed by atoms with Crippen molar-refractivity contribution in [1.82, 2.24) is 4.98 Å². The first kappa shape index (κ1) is 10.7. The van der Waals surface area contributed by atoms with Gasteiger partial charge in [-0.15, -0.1) is 0 Å². The zero-order chi connectivity index (χ0) is 11.4. The fraction of sp³-hybridized carbons (Fsp3) is 0.250. The van der Waals surface area contributed by atoms with Gasteiger partial charge in [-0.3, -0.25) is 0 Å². The van der Waals surface area contributed by atoms with E-state index in [1.165, 1.54) is 7.11 Å². The Labute approximate surface area is 93.2 Å². The minimum Gasteiger partial charge on any atom is -0.459 e. The van der Waals surface area contributed by atoms with E-state index in [1.807, 2.05) is 30.5 Å². The van der Waals surface area contributed by atoms with Crippen molar-refractivity contribution in [2.45, 2.75) is 6.61 Å². The smallest absolute Gasteiger partial charge is 0.332 e. The lowest BCUT2D eigenvalue weighted by molar-refractivity contribution is -0.149. The summed E-state index contributed by atoms with van der Waals surface area (Å²) in [7, 11) is 1.47. The maximum atomic E-state index is 11.1. The standard InChI is InChI=1S/C12H13NO3/c1-15-8-12(14)16-7-9-6-13-11-5-3-2-4-10(9)11/h2-6,13H,7-8H2,1H3. The van der Waals surface area contributed by atoms with E-state index in [0.29, 0.717) is 0 Å². The average molecular weight is 219 g/mol. The van der Waals surface area contributed by atoms with Crippen molar-refractivity contribution in [2.75, 3.05) is 13.7 Å². The molecule has 4 heteroatoms. The summed E-state index contributed by atoms with van der Waals surface area (Å²) in [6, 6.07) is 7.89. The fourth-order valence-corrected chi connectivity index (χ4v) is 1.57. The van der Waals surface area contributed by atoms with Crippen LogP contribution in [0.1, 0.15) is 5.56 Å². The first-order valence-electron chi connectivity index (χ1n) is 5.01. The molecule has 0 saturated carbocycles. The molecule has 0 aliphatic carbocycles. The fourth-order valence-electron chi connectivity index (χ4n) is 1.57. The predicted octanol–water partition coefficient (Wildman–Crippen LogP) is 1.86. The van der Waals surface area contributed by atoms with Crippen LogP contribution in [0, 0.1) is 0 Å². The number of carbonyl (C=O) groups is 1. The van der Waals surface area contributed by atoms with Crippen molar-refractivity contribution >= 4 is 16.9 Å². The lowest BCUT2D eigenvalue weighted by atomic mass is 10.2.